The van der Waals surface area contributed by atoms with E-state index in [1.54, 1.807) is 11.8 Å². The Morgan fingerprint density at radius 2 is 1.73 bits per heavy atom. The molecule has 5 nitrogen and oxygen atoms in total. The first-order valence-electron chi connectivity index (χ1n) is 9.35. The van der Waals surface area contributed by atoms with Crippen LogP contribution in [-0.2, 0) is 20.9 Å². The summed E-state index contributed by atoms with van der Waals surface area (Å²) in [6.45, 7) is 9.45. The van der Waals surface area contributed by atoms with Gasteiger partial charge in [-0.3, -0.25) is 4.90 Å². The van der Waals surface area contributed by atoms with Gasteiger partial charge in [-0.1, -0.05) is 43.2 Å². The standard InChI is InChI=1S/C21H31NO4/c1-16(18(23)25-15-17-11-7-6-8-12-17)22(19(24)26-20(2,3)4)21(5)13-9-10-14-21/h6-8,11-12,16H,9-10,13-15H2,1-5H3. The first-order chi connectivity index (χ1) is 12.1. The van der Waals surface area contributed by atoms with Crippen molar-refractivity contribution < 1.29 is 19.1 Å². The molecule has 0 aromatic heterocycles. The fourth-order valence-electron chi connectivity index (χ4n) is 3.49. The lowest BCUT2D eigenvalue weighted by molar-refractivity contribution is -0.153. The van der Waals surface area contributed by atoms with Gasteiger partial charge in [0.15, 0.2) is 0 Å². The fourth-order valence-corrected chi connectivity index (χ4v) is 3.49. The maximum absolute atomic E-state index is 12.9. The molecule has 0 spiro atoms. The molecule has 1 amide bonds. The minimum atomic E-state index is -0.698. The molecule has 1 aliphatic rings. The fraction of sp³-hybridized carbons (Fsp3) is 0.619. The summed E-state index contributed by atoms with van der Waals surface area (Å²) >= 11 is 0. The molecule has 1 fully saturated rings. The number of hydrogen-bond acceptors (Lipinski definition) is 4. The maximum Gasteiger partial charge on any atom is 0.411 e. The largest absolute Gasteiger partial charge is 0.459 e. The predicted octanol–water partition coefficient (Wildman–Crippen LogP) is 4.69. The summed E-state index contributed by atoms with van der Waals surface area (Å²) in [5, 5.41) is 0. The minimum absolute atomic E-state index is 0.197. The van der Waals surface area contributed by atoms with Crippen molar-refractivity contribution in [2.75, 3.05) is 0 Å². The van der Waals surface area contributed by atoms with Crippen molar-refractivity contribution in [1.82, 2.24) is 4.90 Å². The Balaban J connectivity index is 2.12. The van der Waals surface area contributed by atoms with E-state index in [0.29, 0.717) is 0 Å². The van der Waals surface area contributed by atoms with Crippen LogP contribution in [0.25, 0.3) is 0 Å². The monoisotopic (exact) mass is 361 g/mol. The van der Waals surface area contributed by atoms with E-state index in [1.807, 2.05) is 58.0 Å². The van der Waals surface area contributed by atoms with E-state index < -0.39 is 23.7 Å². The minimum Gasteiger partial charge on any atom is -0.459 e. The molecule has 1 unspecified atom stereocenters. The van der Waals surface area contributed by atoms with Gasteiger partial charge in [0.2, 0.25) is 0 Å². The van der Waals surface area contributed by atoms with Gasteiger partial charge >= 0.3 is 12.1 Å². The highest BCUT2D eigenvalue weighted by Gasteiger charge is 2.44. The van der Waals surface area contributed by atoms with Gasteiger partial charge < -0.3 is 9.47 Å². The van der Waals surface area contributed by atoms with Gasteiger partial charge in [-0.05, 0) is 53.0 Å². The molecule has 0 heterocycles. The topological polar surface area (TPSA) is 55.8 Å². The number of esters is 1. The van der Waals surface area contributed by atoms with E-state index >= 15 is 0 Å². The summed E-state index contributed by atoms with van der Waals surface area (Å²) < 4.78 is 11.1. The molecule has 26 heavy (non-hydrogen) atoms. The summed E-state index contributed by atoms with van der Waals surface area (Å²) in [5.41, 5.74) is -0.0742. The highest BCUT2D eigenvalue weighted by molar-refractivity contribution is 5.81. The number of amides is 1. The molecule has 1 aromatic carbocycles. The van der Waals surface area contributed by atoms with Crippen LogP contribution in [0.5, 0.6) is 0 Å². The second kappa shape index (κ2) is 8.11. The number of rotatable bonds is 5. The Morgan fingerprint density at radius 3 is 2.27 bits per heavy atom. The molecule has 144 valence electrons. The summed E-state index contributed by atoms with van der Waals surface area (Å²) in [7, 11) is 0. The quantitative estimate of drug-likeness (QED) is 0.714. The Labute approximate surface area is 156 Å². The molecule has 1 atom stereocenters. The molecule has 2 rings (SSSR count). The Bertz CT molecular complexity index is 615. The van der Waals surface area contributed by atoms with Gasteiger partial charge in [-0.2, -0.15) is 0 Å². The zero-order valence-corrected chi connectivity index (χ0v) is 16.6. The second-order valence-corrected chi connectivity index (χ2v) is 8.32. The van der Waals surface area contributed by atoms with Crippen molar-refractivity contribution in [3.8, 4) is 0 Å². The van der Waals surface area contributed by atoms with Crippen LogP contribution in [0.3, 0.4) is 0 Å². The molecule has 0 N–H and O–H groups in total. The van der Waals surface area contributed by atoms with Crippen LogP contribution < -0.4 is 0 Å². The first-order valence-corrected chi connectivity index (χ1v) is 9.35. The molecule has 1 saturated carbocycles. The highest BCUT2D eigenvalue weighted by Crippen LogP contribution is 2.37. The van der Waals surface area contributed by atoms with Gasteiger partial charge in [0, 0.05) is 5.54 Å². The van der Waals surface area contributed by atoms with Crippen LogP contribution in [0.1, 0.15) is 65.9 Å². The van der Waals surface area contributed by atoms with Crippen molar-refractivity contribution in [2.24, 2.45) is 0 Å². The zero-order valence-electron chi connectivity index (χ0n) is 16.6. The first kappa shape index (κ1) is 20.3. The predicted molar refractivity (Wildman–Crippen MR) is 101 cm³/mol. The number of carbonyl (C=O) groups is 2. The molecular formula is C21H31NO4. The number of hydrogen-bond donors (Lipinski definition) is 0. The number of carbonyl (C=O) groups excluding carboxylic acids is 2. The van der Waals surface area contributed by atoms with Crippen molar-refractivity contribution in [2.45, 2.75) is 84.1 Å². The lowest BCUT2D eigenvalue weighted by Gasteiger charge is -2.41. The molecule has 1 aliphatic carbocycles. The summed E-state index contributed by atoms with van der Waals surface area (Å²) in [4.78, 5) is 27.1. The van der Waals surface area contributed by atoms with Crippen LogP contribution in [-0.4, -0.2) is 34.1 Å². The summed E-state index contributed by atoms with van der Waals surface area (Å²) in [5.74, 6) is -0.409. The summed E-state index contributed by atoms with van der Waals surface area (Å²) in [6.07, 6.45) is 3.36. The van der Waals surface area contributed by atoms with Crippen molar-refractivity contribution in [3.05, 3.63) is 35.9 Å². The highest BCUT2D eigenvalue weighted by atomic mass is 16.6. The van der Waals surface area contributed by atoms with Crippen LogP contribution in [0.2, 0.25) is 0 Å². The van der Waals surface area contributed by atoms with Crippen molar-refractivity contribution in [1.29, 1.82) is 0 Å². The van der Waals surface area contributed by atoms with Crippen LogP contribution in [0, 0.1) is 0 Å². The molecule has 0 aliphatic heterocycles. The molecule has 0 radical (unpaired) electrons. The lowest BCUT2D eigenvalue weighted by Crippen LogP contribution is -2.56. The van der Waals surface area contributed by atoms with Crippen LogP contribution in [0.4, 0.5) is 4.79 Å². The second-order valence-electron chi connectivity index (χ2n) is 8.32. The smallest absolute Gasteiger partial charge is 0.411 e. The average molecular weight is 361 g/mol. The van der Waals surface area contributed by atoms with Crippen molar-refractivity contribution in [3.63, 3.8) is 0 Å². The molecule has 0 bridgehead atoms. The van der Waals surface area contributed by atoms with Gasteiger partial charge in [0.05, 0.1) is 0 Å². The number of nitrogens with zero attached hydrogens (tertiary/aromatic N) is 1. The molecule has 0 saturated heterocycles. The molecule has 1 aromatic rings. The van der Waals surface area contributed by atoms with E-state index in [4.69, 9.17) is 9.47 Å². The van der Waals surface area contributed by atoms with E-state index in [0.717, 1.165) is 31.2 Å². The van der Waals surface area contributed by atoms with E-state index in [2.05, 4.69) is 0 Å². The van der Waals surface area contributed by atoms with Crippen LogP contribution >= 0.6 is 0 Å². The van der Waals surface area contributed by atoms with E-state index in [1.165, 1.54) is 0 Å². The zero-order chi connectivity index (χ0) is 19.4. The number of benzene rings is 1. The normalized spacial score (nSPS) is 17.4. The SMILES string of the molecule is CC(C(=O)OCc1ccccc1)N(C(=O)OC(C)(C)C)C1(C)CCCC1. The van der Waals surface area contributed by atoms with Gasteiger partial charge in [-0.25, -0.2) is 9.59 Å². The third-order valence-corrected chi connectivity index (χ3v) is 4.80. The molecule has 5 heteroatoms. The average Bonchev–Trinajstić information content (AvgIpc) is 2.99. The Morgan fingerprint density at radius 1 is 1.15 bits per heavy atom. The lowest BCUT2D eigenvalue weighted by atomic mass is 9.96. The Hall–Kier alpha value is -2.04. The maximum atomic E-state index is 12.9. The third-order valence-electron chi connectivity index (χ3n) is 4.80. The van der Waals surface area contributed by atoms with Crippen LogP contribution in [0.15, 0.2) is 30.3 Å². The molecular weight excluding hydrogens is 330 g/mol. The van der Waals surface area contributed by atoms with Gasteiger partial charge in [-0.15, -0.1) is 0 Å². The van der Waals surface area contributed by atoms with E-state index in [-0.39, 0.29) is 12.1 Å². The van der Waals surface area contributed by atoms with Gasteiger partial charge in [0.25, 0.3) is 0 Å². The van der Waals surface area contributed by atoms with Gasteiger partial charge in [0.1, 0.15) is 18.2 Å². The third kappa shape index (κ3) is 5.23. The van der Waals surface area contributed by atoms with E-state index in [9.17, 15) is 9.59 Å². The summed E-state index contributed by atoms with van der Waals surface area (Å²) in [6, 6.07) is 8.83. The number of ether oxygens (including phenoxy) is 2. The van der Waals surface area contributed by atoms with Crippen molar-refractivity contribution >= 4 is 12.1 Å². The Kier molecular flexibility index (Phi) is 6.32.